The summed E-state index contributed by atoms with van der Waals surface area (Å²) in [6.45, 7) is 3.76. The molecule has 0 spiro atoms. The summed E-state index contributed by atoms with van der Waals surface area (Å²) in [4.78, 5) is 79.3. The number of furan rings is 1. The number of carboxylic acids is 1. The predicted molar refractivity (Wildman–Crippen MR) is 221 cm³/mol. The molecule has 304 valence electrons. The minimum Gasteiger partial charge on any atom is -0.481 e. The minimum absolute atomic E-state index is 0.00274. The predicted octanol–water partition coefficient (Wildman–Crippen LogP) is 6.89. The summed E-state index contributed by atoms with van der Waals surface area (Å²) >= 11 is 0. The molecule has 2 heterocycles. The van der Waals surface area contributed by atoms with Crippen LogP contribution in [0.3, 0.4) is 0 Å². The molecule has 1 saturated heterocycles. The number of rotatable bonds is 16. The summed E-state index contributed by atoms with van der Waals surface area (Å²) in [5, 5.41) is 15.0. The minimum atomic E-state index is -1.14. The van der Waals surface area contributed by atoms with Crippen LogP contribution in [0.4, 0.5) is 11.4 Å². The van der Waals surface area contributed by atoms with Gasteiger partial charge < -0.3 is 34.7 Å². The molecule has 13 heteroatoms. The second-order valence-corrected chi connectivity index (χ2v) is 14.3. The molecule has 4 amide bonds. The topological polar surface area (TPSA) is 176 Å². The van der Waals surface area contributed by atoms with Gasteiger partial charge in [0.25, 0.3) is 5.91 Å². The van der Waals surface area contributed by atoms with Gasteiger partial charge in [-0.3, -0.25) is 28.8 Å². The number of esters is 1. The van der Waals surface area contributed by atoms with Crippen molar-refractivity contribution in [1.82, 2.24) is 9.80 Å². The van der Waals surface area contributed by atoms with Gasteiger partial charge in [-0.25, -0.2) is 0 Å². The average Bonchev–Trinajstić information content (AvgIpc) is 3.93. The third-order valence-electron chi connectivity index (χ3n) is 9.93. The number of nitrogens with one attached hydrogen (secondary N) is 2. The van der Waals surface area contributed by atoms with E-state index in [2.05, 4.69) is 10.6 Å². The van der Waals surface area contributed by atoms with E-state index in [9.17, 15) is 33.9 Å². The Morgan fingerprint density at radius 1 is 0.780 bits per heavy atom. The Balaban J connectivity index is 1.03. The van der Waals surface area contributed by atoms with Gasteiger partial charge in [0.15, 0.2) is 0 Å². The van der Waals surface area contributed by atoms with Crippen LogP contribution in [-0.2, 0) is 46.3 Å². The average molecular weight is 799 g/mol. The third kappa shape index (κ3) is 10.9. The highest BCUT2D eigenvalue weighted by molar-refractivity contribution is 5.99. The van der Waals surface area contributed by atoms with E-state index in [4.69, 9.17) is 9.15 Å². The van der Waals surface area contributed by atoms with E-state index < -0.39 is 30.0 Å². The van der Waals surface area contributed by atoms with Gasteiger partial charge >= 0.3 is 11.9 Å². The molecule has 13 nitrogen and oxygen atoms in total. The Hall–Kier alpha value is -7.02. The fourth-order valence-corrected chi connectivity index (χ4v) is 7.09. The summed E-state index contributed by atoms with van der Waals surface area (Å²) in [6, 6.07) is 32.9. The lowest BCUT2D eigenvalue weighted by Gasteiger charge is -2.28. The molecule has 1 fully saturated rings. The second kappa shape index (κ2) is 19.4. The number of amides is 4. The van der Waals surface area contributed by atoms with Gasteiger partial charge in [-0.05, 0) is 91.1 Å². The fourth-order valence-electron chi connectivity index (χ4n) is 7.09. The monoisotopic (exact) mass is 798 g/mol. The van der Waals surface area contributed by atoms with Crippen LogP contribution in [0.5, 0.6) is 0 Å². The number of aliphatic carboxylic acids is 1. The molecule has 4 aromatic carbocycles. The van der Waals surface area contributed by atoms with E-state index in [0.717, 1.165) is 11.1 Å². The first-order valence-electron chi connectivity index (χ1n) is 19.5. The van der Waals surface area contributed by atoms with Crippen LogP contribution in [0.2, 0.25) is 0 Å². The molecule has 5 aromatic rings. The number of nitrogens with zero attached hydrogens (tertiary/aromatic N) is 2. The first-order chi connectivity index (χ1) is 28.5. The fraction of sp³-hybridized carbons (Fsp3) is 0.261. The molecule has 0 bridgehead atoms. The molecule has 0 radical (unpaired) electrons. The van der Waals surface area contributed by atoms with E-state index in [1.165, 1.54) is 16.7 Å². The van der Waals surface area contributed by atoms with Gasteiger partial charge in [-0.15, -0.1) is 0 Å². The van der Waals surface area contributed by atoms with E-state index in [1.807, 2.05) is 43.3 Å². The number of hydrogen-bond acceptors (Lipinski definition) is 8. The van der Waals surface area contributed by atoms with Gasteiger partial charge in [0, 0.05) is 48.1 Å². The van der Waals surface area contributed by atoms with Gasteiger partial charge in [-0.2, -0.15) is 0 Å². The van der Waals surface area contributed by atoms with Crippen molar-refractivity contribution in [2.75, 3.05) is 30.3 Å². The van der Waals surface area contributed by atoms with Crippen molar-refractivity contribution in [3.05, 3.63) is 132 Å². The van der Waals surface area contributed by atoms with Crippen molar-refractivity contribution in [3.8, 4) is 22.6 Å². The lowest BCUT2D eigenvalue weighted by molar-refractivity contribution is -0.160. The lowest BCUT2D eigenvalue weighted by Crippen LogP contribution is -2.45. The van der Waals surface area contributed by atoms with Crippen molar-refractivity contribution in [2.24, 2.45) is 0 Å². The van der Waals surface area contributed by atoms with Gasteiger partial charge in [0.2, 0.25) is 23.8 Å². The lowest BCUT2D eigenvalue weighted by atomic mass is 10.0. The van der Waals surface area contributed by atoms with E-state index in [1.54, 1.807) is 78.9 Å². The smallest absolute Gasteiger partial charge is 0.307 e. The first kappa shape index (κ1) is 41.6. The van der Waals surface area contributed by atoms with Crippen molar-refractivity contribution in [2.45, 2.75) is 58.1 Å². The molecule has 6 rings (SSSR count). The van der Waals surface area contributed by atoms with Crippen molar-refractivity contribution < 1.29 is 43.0 Å². The molecular weight excluding hydrogens is 753 g/mol. The molecule has 0 saturated carbocycles. The molecule has 59 heavy (non-hydrogen) atoms. The normalized spacial score (nSPS) is 13.9. The van der Waals surface area contributed by atoms with Crippen LogP contribution in [0.15, 0.2) is 120 Å². The van der Waals surface area contributed by atoms with Crippen molar-refractivity contribution in [1.29, 1.82) is 0 Å². The highest BCUT2D eigenvalue weighted by atomic mass is 16.5. The number of benzene rings is 4. The van der Waals surface area contributed by atoms with Gasteiger partial charge in [-0.1, -0.05) is 61.5 Å². The van der Waals surface area contributed by atoms with Crippen LogP contribution in [0.25, 0.3) is 22.6 Å². The molecular formula is C46H46N4O9. The maximum Gasteiger partial charge on any atom is 0.307 e. The molecule has 2 atom stereocenters. The number of carboxylic acid groups (broad SMARTS) is 1. The SMILES string of the molecule is CCCN(CC(=O)Nc1ccc(-c2ccc(-c3ccc(NC(=O)[C@@H]4CCCN4C(=O)[C@H](OC(C)=O)c4ccccc4)cc3)o2)cc1)C(=O)Cc1ccccc1CC(=O)O. The standard InChI is InChI=1S/C46H46N4O9/c1-3-25-49(42(53)27-34-12-7-8-13-35(34)28-43(54)55)29-41(52)47-36-19-15-31(16-20-36)39-23-24-40(59-39)32-17-21-37(22-18-32)48-45(56)38-14-9-26-50(38)46(57)44(58-30(2)51)33-10-5-4-6-11-33/h4-8,10-13,15-24,38,44H,3,9,14,25-29H2,1-2H3,(H,47,52)(H,48,56)(H,54,55)/t38-,44+/m0/s1. The van der Waals surface area contributed by atoms with Crippen LogP contribution in [0.1, 0.15) is 55.9 Å². The number of carbonyl (C=O) groups is 6. The Morgan fingerprint density at radius 3 is 1.93 bits per heavy atom. The van der Waals surface area contributed by atoms with E-state index in [-0.39, 0.29) is 37.1 Å². The zero-order valence-electron chi connectivity index (χ0n) is 32.9. The molecule has 0 aliphatic carbocycles. The van der Waals surface area contributed by atoms with Crippen LogP contribution in [-0.4, -0.2) is 76.1 Å². The number of carbonyl (C=O) groups excluding carboxylic acids is 5. The molecule has 1 aliphatic rings. The Labute approximate surface area is 342 Å². The number of anilines is 2. The maximum atomic E-state index is 13.6. The van der Waals surface area contributed by atoms with E-state index >= 15 is 0 Å². The molecule has 1 aliphatic heterocycles. The van der Waals surface area contributed by atoms with E-state index in [0.29, 0.717) is 71.9 Å². The van der Waals surface area contributed by atoms with Crippen molar-refractivity contribution >= 4 is 46.9 Å². The Kier molecular flexibility index (Phi) is 13.7. The van der Waals surface area contributed by atoms with Crippen molar-refractivity contribution in [3.63, 3.8) is 0 Å². The summed E-state index contributed by atoms with van der Waals surface area (Å²) < 4.78 is 11.6. The summed E-state index contributed by atoms with van der Waals surface area (Å²) in [7, 11) is 0. The van der Waals surface area contributed by atoms with Gasteiger partial charge in [0.05, 0.1) is 19.4 Å². The quantitative estimate of drug-likeness (QED) is 0.0898. The molecule has 0 unspecified atom stereocenters. The Bertz CT molecular complexity index is 2290. The zero-order valence-corrected chi connectivity index (χ0v) is 32.9. The number of likely N-dealkylation sites (tertiary alicyclic amines) is 1. The van der Waals surface area contributed by atoms with Gasteiger partial charge in [0.1, 0.15) is 17.6 Å². The Morgan fingerprint density at radius 2 is 1.36 bits per heavy atom. The summed E-state index contributed by atoms with van der Waals surface area (Å²) in [5.41, 5.74) is 4.37. The zero-order chi connectivity index (χ0) is 41.9. The van der Waals surface area contributed by atoms with Crippen LogP contribution >= 0.6 is 0 Å². The largest absolute Gasteiger partial charge is 0.481 e. The number of ether oxygens (including phenoxy) is 1. The third-order valence-corrected chi connectivity index (χ3v) is 9.93. The molecule has 1 aromatic heterocycles. The highest BCUT2D eigenvalue weighted by Crippen LogP contribution is 2.31. The van der Waals surface area contributed by atoms with Crippen LogP contribution in [0, 0.1) is 0 Å². The first-order valence-corrected chi connectivity index (χ1v) is 19.5. The molecule has 3 N–H and O–H groups in total. The summed E-state index contributed by atoms with van der Waals surface area (Å²) in [5.74, 6) is -1.75. The summed E-state index contributed by atoms with van der Waals surface area (Å²) in [6.07, 6.45) is 0.436. The highest BCUT2D eigenvalue weighted by Gasteiger charge is 2.39. The second-order valence-electron chi connectivity index (χ2n) is 14.3. The van der Waals surface area contributed by atoms with Crippen LogP contribution < -0.4 is 10.6 Å². The number of hydrogen-bond donors (Lipinski definition) is 3. The maximum absolute atomic E-state index is 13.6.